The maximum absolute atomic E-state index is 4.29. The molecular weight excluding hydrogens is 275 g/mol. The number of anilines is 1. The van der Waals surface area contributed by atoms with Crippen molar-refractivity contribution >= 4 is 28.4 Å². The molecule has 1 N–H and O–H groups in total. The van der Waals surface area contributed by atoms with Crippen molar-refractivity contribution in [3.8, 4) is 0 Å². The SMILES string of the molecule is CC1(CNc2ncccc2I)CC1. The van der Waals surface area contributed by atoms with Gasteiger partial charge < -0.3 is 5.32 Å². The Bertz CT molecular complexity index is 308. The van der Waals surface area contributed by atoms with Crippen LogP contribution in [-0.2, 0) is 0 Å². The van der Waals surface area contributed by atoms with Gasteiger partial charge in [-0.3, -0.25) is 0 Å². The lowest BCUT2D eigenvalue weighted by atomic mass is 10.1. The Morgan fingerprint density at radius 3 is 3.00 bits per heavy atom. The van der Waals surface area contributed by atoms with Crippen LogP contribution in [0.5, 0.6) is 0 Å². The van der Waals surface area contributed by atoms with Crippen LogP contribution in [0.25, 0.3) is 0 Å². The van der Waals surface area contributed by atoms with E-state index in [1.165, 1.54) is 16.4 Å². The molecule has 2 rings (SSSR count). The molecule has 0 bridgehead atoms. The monoisotopic (exact) mass is 288 g/mol. The van der Waals surface area contributed by atoms with Crippen LogP contribution < -0.4 is 5.32 Å². The molecular formula is C10H13IN2. The first-order valence-corrected chi connectivity index (χ1v) is 5.62. The summed E-state index contributed by atoms with van der Waals surface area (Å²) in [4.78, 5) is 4.29. The summed E-state index contributed by atoms with van der Waals surface area (Å²) in [5.74, 6) is 1.02. The zero-order valence-corrected chi connectivity index (χ0v) is 9.84. The lowest BCUT2D eigenvalue weighted by molar-refractivity contribution is 0.609. The molecule has 13 heavy (non-hydrogen) atoms. The average molecular weight is 288 g/mol. The van der Waals surface area contributed by atoms with Gasteiger partial charge >= 0.3 is 0 Å². The minimum atomic E-state index is 0.542. The quantitative estimate of drug-likeness (QED) is 0.865. The molecule has 1 heterocycles. The number of hydrogen-bond donors (Lipinski definition) is 1. The lowest BCUT2D eigenvalue weighted by Crippen LogP contribution is -2.13. The van der Waals surface area contributed by atoms with Crippen LogP contribution in [0.3, 0.4) is 0 Å². The second-order valence-electron chi connectivity index (χ2n) is 4.00. The number of halogens is 1. The van der Waals surface area contributed by atoms with E-state index in [0.29, 0.717) is 5.41 Å². The molecule has 0 amide bonds. The normalized spacial score (nSPS) is 18.3. The number of nitrogens with one attached hydrogen (secondary N) is 1. The van der Waals surface area contributed by atoms with E-state index in [1.807, 2.05) is 12.3 Å². The fraction of sp³-hybridized carbons (Fsp3) is 0.500. The van der Waals surface area contributed by atoms with Crippen molar-refractivity contribution in [1.29, 1.82) is 0 Å². The predicted octanol–water partition coefficient (Wildman–Crippen LogP) is 2.90. The first-order valence-electron chi connectivity index (χ1n) is 4.54. The number of nitrogens with zero attached hydrogens (tertiary/aromatic N) is 1. The molecule has 0 unspecified atom stereocenters. The van der Waals surface area contributed by atoms with Crippen LogP contribution in [0.2, 0.25) is 0 Å². The van der Waals surface area contributed by atoms with E-state index in [2.05, 4.69) is 45.9 Å². The Labute approximate surface area is 92.3 Å². The minimum absolute atomic E-state index is 0.542. The van der Waals surface area contributed by atoms with Crippen LogP contribution in [0.4, 0.5) is 5.82 Å². The lowest BCUT2D eigenvalue weighted by Gasteiger charge is -2.11. The molecule has 1 fully saturated rings. The van der Waals surface area contributed by atoms with Crippen molar-refractivity contribution in [3.05, 3.63) is 21.9 Å². The Morgan fingerprint density at radius 2 is 2.38 bits per heavy atom. The molecule has 2 nitrogen and oxygen atoms in total. The van der Waals surface area contributed by atoms with E-state index >= 15 is 0 Å². The van der Waals surface area contributed by atoms with E-state index in [0.717, 1.165) is 12.4 Å². The van der Waals surface area contributed by atoms with Gasteiger partial charge in [0, 0.05) is 12.7 Å². The fourth-order valence-electron chi connectivity index (χ4n) is 1.20. The standard InChI is InChI=1S/C10H13IN2/c1-10(4-5-10)7-13-9-8(11)3-2-6-12-9/h2-3,6H,4-5,7H2,1H3,(H,12,13). The molecule has 70 valence electrons. The van der Waals surface area contributed by atoms with Gasteiger partial charge in [-0.15, -0.1) is 0 Å². The van der Waals surface area contributed by atoms with Gasteiger partial charge in [-0.1, -0.05) is 6.92 Å². The van der Waals surface area contributed by atoms with Gasteiger partial charge in [0.2, 0.25) is 0 Å². The molecule has 0 saturated heterocycles. The Balaban J connectivity index is 1.97. The van der Waals surface area contributed by atoms with Crippen LogP contribution in [0.15, 0.2) is 18.3 Å². The molecule has 1 aromatic heterocycles. The smallest absolute Gasteiger partial charge is 0.139 e. The summed E-state index contributed by atoms with van der Waals surface area (Å²) in [5, 5.41) is 3.40. The first-order chi connectivity index (χ1) is 6.20. The Morgan fingerprint density at radius 1 is 1.62 bits per heavy atom. The van der Waals surface area contributed by atoms with E-state index in [1.54, 1.807) is 0 Å². The summed E-state index contributed by atoms with van der Waals surface area (Å²) in [6.45, 7) is 3.37. The number of rotatable bonds is 3. The fourth-order valence-corrected chi connectivity index (χ4v) is 1.74. The summed E-state index contributed by atoms with van der Waals surface area (Å²) in [6, 6.07) is 4.04. The molecule has 3 heteroatoms. The van der Waals surface area contributed by atoms with Gasteiger partial charge in [0.05, 0.1) is 3.57 Å². The molecule has 0 atom stereocenters. The molecule has 1 saturated carbocycles. The van der Waals surface area contributed by atoms with E-state index in [9.17, 15) is 0 Å². The highest BCUT2D eigenvalue weighted by Gasteiger charge is 2.36. The highest BCUT2D eigenvalue weighted by molar-refractivity contribution is 14.1. The molecule has 1 aliphatic carbocycles. The summed E-state index contributed by atoms with van der Waals surface area (Å²) < 4.78 is 1.20. The van der Waals surface area contributed by atoms with E-state index < -0.39 is 0 Å². The van der Waals surface area contributed by atoms with Crippen molar-refractivity contribution < 1.29 is 0 Å². The number of hydrogen-bond acceptors (Lipinski definition) is 2. The van der Waals surface area contributed by atoms with E-state index in [-0.39, 0.29) is 0 Å². The zero-order valence-electron chi connectivity index (χ0n) is 7.68. The van der Waals surface area contributed by atoms with Crippen molar-refractivity contribution in [3.63, 3.8) is 0 Å². The van der Waals surface area contributed by atoms with Crippen LogP contribution in [0.1, 0.15) is 19.8 Å². The third kappa shape index (κ3) is 2.33. The van der Waals surface area contributed by atoms with Crippen LogP contribution in [0, 0.1) is 8.99 Å². The largest absolute Gasteiger partial charge is 0.369 e. The molecule has 1 aromatic rings. The van der Waals surface area contributed by atoms with Crippen molar-refractivity contribution in [2.75, 3.05) is 11.9 Å². The Hall–Kier alpha value is -0.320. The predicted molar refractivity (Wildman–Crippen MR) is 62.8 cm³/mol. The van der Waals surface area contributed by atoms with Crippen molar-refractivity contribution in [2.24, 2.45) is 5.41 Å². The first kappa shape index (κ1) is 9.24. The number of pyridine rings is 1. The van der Waals surface area contributed by atoms with Gasteiger partial charge in [-0.05, 0) is 53.0 Å². The highest BCUT2D eigenvalue weighted by Crippen LogP contribution is 2.44. The summed E-state index contributed by atoms with van der Waals surface area (Å²) >= 11 is 2.31. The van der Waals surface area contributed by atoms with Gasteiger partial charge in [0.15, 0.2) is 0 Å². The molecule has 0 aromatic carbocycles. The van der Waals surface area contributed by atoms with Crippen molar-refractivity contribution in [2.45, 2.75) is 19.8 Å². The maximum Gasteiger partial charge on any atom is 0.139 e. The summed E-state index contributed by atoms with van der Waals surface area (Å²) in [7, 11) is 0. The summed E-state index contributed by atoms with van der Waals surface area (Å²) in [5.41, 5.74) is 0.542. The molecule has 1 aliphatic rings. The average Bonchev–Trinajstić information content (AvgIpc) is 2.83. The third-order valence-electron chi connectivity index (χ3n) is 2.54. The van der Waals surface area contributed by atoms with E-state index in [4.69, 9.17) is 0 Å². The third-order valence-corrected chi connectivity index (χ3v) is 3.42. The van der Waals surface area contributed by atoms with Crippen molar-refractivity contribution in [1.82, 2.24) is 4.98 Å². The van der Waals surface area contributed by atoms with Gasteiger partial charge in [-0.2, -0.15) is 0 Å². The second kappa shape index (κ2) is 3.44. The second-order valence-corrected chi connectivity index (χ2v) is 5.16. The Kier molecular flexibility index (Phi) is 2.45. The van der Waals surface area contributed by atoms with Crippen LogP contribution >= 0.6 is 22.6 Å². The minimum Gasteiger partial charge on any atom is -0.369 e. The molecule has 0 spiro atoms. The van der Waals surface area contributed by atoms with Gasteiger partial charge in [0.1, 0.15) is 5.82 Å². The molecule has 0 aliphatic heterocycles. The molecule has 0 radical (unpaired) electrons. The highest BCUT2D eigenvalue weighted by atomic mass is 127. The van der Waals surface area contributed by atoms with Crippen LogP contribution in [-0.4, -0.2) is 11.5 Å². The summed E-state index contributed by atoms with van der Waals surface area (Å²) in [6.07, 6.45) is 4.53. The number of aromatic nitrogens is 1. The van der Waals surface area contributed by atoms with Gasteiger partial charge in [-0.25, -0.2) is 4.98 Å². The maximum atomic E-state index is 4.29. The topological polar surface area (TPSA) is 24.9 Å². The zero-order chi connectivity index (χ0) is 9.31. The van der Waals surface area contributed by atoms with Gasteiger partial charge in [0.25, 0.3) is 0 Å².